The SMILES string of the molecule is CC(C)COc1ccc(C(=O)NC(CO)C(C)C)cc1. The molecule has 0 bridgehead atoms. The van der Waals surface area contributed by atoms with E-state index < -0.39 is 0 Å². The van der Waals surface area contributed by atoms with E-state index in [2.05, 4.69) is 19.2 Å². The van der Waals surface area contributed by atoms with Gasteiger partial charge >= 0.3 is 0 Å². The molecule has 4 heteroatoms. The first-order valence-electron chi connectivity index (χ1n) is 7.08. The summed E-state index contributed by atoms with van der Waals surface area (Å²) in [5.41, 5.74) is 0.570. The third-order valence-corrected chi connectivity index (χ3v) is 3.02. The second kappa shape index (κ2) is 7.90. The molecule has 0 heterocycles. The molecule has 20 heavy (non-hydrogen) atoms. The lowest BCUT2D eigenvalue weighted by Gasteiger charge is -2.20. The largest absolute Gasteiger partial charge is 0.493 e. The first kappa shape index (κ1) is 16.5. The molecule has 0 spiro atoms. The summed E-state index contributed by atoms with van der Waals surface area (Å²) in [7, 11) is 0. The molecule has 1 atom stereocenters. The number of hydrogen-bond donors (Lipinski definition) is 2. The maximum atomic E-state index is 12.0. The van der Waals surface area contributed by atoms with Gasteiger partial charge in [-0.25, -0.2) is 0 Å². The Bertz CT molecular complexity index is 412. The number of carbonyl (C=O) groups excluding carboxylic acids is 1. The molecule has 2 N–H and O–H groups in total. The monoisotopic (exact) mass is 279 g/mol. The molecule has 1 amide bonds. The van der Waals surface area contributed by atoms with E-state index in [4.69, 9.17) is 4.74 Å². The van der Waals surface area contributed by atoms with Crippen LogP contribution in [0.25, 0.3) is 0 Å². The summed E-state index contributed by atoms with van der Waals surface area (Å²) in [6, 6.07) is 6.83. The van der Waals surface area contributed by atoms with Crippen LogP contribution in [-0.2, 0) is 0 Å². The maximum Gasteiger partial charge on any atom is 0.251 e. The topological polar surface area (TPSA) is 58.6 Å². The van der Waals surface area contributed by atoms with Gasteiger partial charge in [0.25, 0.3) is 5.91 Å². The van der Waals surface area contributed by atoms with Crippen molar-refractivity contribution in [2.24, 2.45) is 11.8 Å². The lowest BCUT2D eigenvalue weighted by Crippen LogP contribution is -2.41. The Morgan fingerprint density at radius 1 is 1.20 bits per heavy atom. The summed E-state index contributed by atoms with van der Waals surface area (Å²) in [5.74, 6) is 1.25. The zero-order valence-corrected chi connectivity index (χ0v) is 12.7. The second-order valence-corrected chi connectivity index (χ2v) is 5.74. The van der Waals surface area contributed by atoms with Crippen molar-refractivity contribution in [3.05, 3.63) is 29.8 Å². The van der Waals surface area contributed by atoms with Gasteiger partial charge in [0.15, 0.2) is 0 Å². The van der Waals surface area contributed by atoms with Crippen LogP contribution in [0.5, 0.6) is 5.75 Å². The number of benzene rings is 1. The number of hydrogen-bond acceptors (Lipinski definition) is 3. The van der Waals surface area contributed by atoms with Crippen molar-refractivity contribution >= 4 is 5.91 Å². The molecule has 112 valence electrons. The Morgan fingerprint density at radius 2 is 1.80 bits per heavy atom. The summed E-state index contributed by atoms with van der Waals surface area (Å²) in [5, 5.41) is 12.0. The van der Waals surface area contributed by atoms with Crippen LogP contribution in [0, 0.1) is 11.8 Å². The molecular formula is C16H25NO3. The molecule has 0 aliphatic rings. The van der Waals surface area contributed by atoms with Gasteiger partial charge < -0.3 is 15.2 Å². The second-order valence-electron chi connectivity index (χ2n) is 5.74. The highest BCUT2D eigenvalue weighted by Gasteiger charge is 2.16. The van der Waals surface area contributed by atoms with Crippen molar-refractivity contribution < 1.29 is 14.6 Å². The van der Waals surface area contributed by atoms with Crippen LogP contribution in [0.3, 0.4) is 0 Å². The van der Waals surface area contributed by atoms with Crippen LogP contribution in [0.4, 0.5) is 0 Å². The number of carbonyl (C=O) groups is 1. The van der Waals surface area contributed by atoms with Gasteiger partial charge in [-0.1, -0.05) is 27.7 Å². The normalized spacial score (nSPS) is 12.6. The van der Waals surface area contributed by atoms with Gasteiger partial charge in [0.1, 0.15) is 5.75 Å². The summed E-state index contributed by atoms with van der Waals surface area (Å²) in [4.78, 5) is 12.0. The van der Waals surface area contributed by atoms with Gasteiger partial charge in [0.2, 0.25) is 0 Å². The van der Waals surface area contributed by atoms with Crippen molar-refractivity contribution in [3.8, 4) is 5.75 Å². The molecule has 1 unspecified atom stereocenters. The average Bonchev–Trinajstić information content (AvgIpc) is 2.42. The van der Waals surface area contributed by atoms with E-state index in [-0.39, 0.29) is 24.5 Å². The van der Waals surface area contributed by atoms with E-state index in [9.17, 15) is 9.90 Å². The molecule has 1 aromatic carbocycles. The minimum atomic E-state index is -0.223. The number of nitrogens with one attached hydrogen (secondary N) is 1. The van der Waals surface area contributed by atoms with Crippen LogP contribution in [0.15, 0.2) is 24.3 Å². The maximum absolute atomic E-state index is 12.0. The van der Waals surface area contributed by atoms with Crippen molar-refractivity contribution in [1.82, 2.24) is 5.32 Å². The fraction of sp³-hybridized carbons (Fsp3) is 0.562. The van der Waals surface area contributed by atoms with Crippen LogP contribution in [-0.4, -0.2) is 30.3 Å². The third-order valence-electron chi connectivity index (χ3n) is 3.02. The zero-order valence-electron chi connectivity index (χ0n) is 12.7. The van der Waals surface area contributed by atoms with Crippen molar-refractivity contribution in [1.29, 1.82) is 0 Å². The lowest BCUT2D eigenvalue weighted by molar-refractivity contribution is 0.0897. The fourth-order valence-corrected chi connectivity index (χ4v) is 1.64. The summed E-state index contributed by atoms with van der Waals surface area (Å²) in [6.45, 7) is 8.70. The number of aliphatic hydroxyl groups is 1. The molecule has 0 radical (unpaired) electrons. The van der Waals surface area contributed by atoms with Gasteiger partial charge in [-0.15, -0.1) is 0 Å². The van der Waals surface area contributed by atoms with E-state index in [0.717, 1.165) is 5.75 Å². The number of amides is 1. The van der Waals surface area contributed by atoms with Crippen molar-refractivity contribution in [3.63, 3.8) is 0 Å². The quantitative estimate of drug-likeness (QED) is 0.806. The highest BCUT2D eigenvalue weighted by molar-refractivity contribution is 5.94. The number of aliphatic hydroxyl groups excluding tert-OH is 1. The van der Waals surface area contributed by atoms with Crippen LogP contribution >= 0.6 is 0 Å². The molecule has 1 aromatic rings. The van der Waals surface area contributed by atoms with Gasteiger partial charge in [-0.05, 0) is 36.1 Å². The number of rotatable bonds is 7. The molecule has 0 fully saturated rings. The third kappa shape index (κ3) is 5.21. The van der Waals surface area contributed by atoms with E-state index in [1.54, 1.807) is 24.3 Å². The van der Waals surface area contributed by atoms with E-state index in [1.807, 2.05) is 13.8 Å². The molecule has 0 aromatic heterocycles. The number of ether oxygens (including phenoxy) is 1. The molecule has 4 nitrogen and oxygen atoms in total. The molecular weight excluding hydrogens is 254 g/mol. The summed E-state index contributed by atoms with van der Waals surface area (Å²) in [6.07, 6.45) is 0. The Labute approximate surface area is 121 Å². The Kier molecular flexibility index (Phi) is 6.52. The van der Waals surface area contributed by atoms with Crippen molar-refractivity contribution in [2.45, 2.75) is 33.7 Å². The average molecular weight is 279 g/mol. The minimum absolute atomic E-state index is 0.0566. The van der Waals surface area contributed by atoms with Crippen LogP contribution in [0.1, 0.15) is 38.1 Å². The van der Waals surface area contributed by atoms with Crippen LogP contribution in [0.2, 0.25) is 0 Å². The van der Waals surface area contributed by atoms with Gasteiger partial charge in [-0.3, -0.25) is 4.79 Å². The fourth-order valence-electron chi connectivity index (χ4n) is 1.64. The highest BCUT2D eigenvalue weighted by Crippen LogP contribution is 2.13. The predicted octanol–water partition coefficient (Wildman–Crippen LogP) is 2.47. The van der Waals surface area contributed by atoms with Crippen LogP contribution < -0.4 is 10.1 Å². The van der Waals surface area contributed by atoms with E-state index in [1.165, 1.54) is 0 Å². The smallest absolute Gasteiger partial charge is 0.251 e. The first-order valence-corrected chi connectivity index (χ1v) is 7.08. The van der Waals surface area contributed by atoms with Crippen molar-refractivity contribution in [2.75, 3.05) is 13.2 Å². The highest BCUT2D eigenvalue weighted by atomic mass is 16.5. The Hall–Kier alpha value is -1.55. The molecule has 0 saturated heterocycles. The van der Waals surface area contributed by atoms with Gasteiger partial charge in [0, 0.05) is 5.56 Å². The van der Waals surface area contributed by atoms with E-state index in [0.29, 0.717) is 18.1 Å². The molecule has 1 rings (SSSR count). The summed E-state index contributed by atoms with van der Waals surface area (Å²) >= 11 is 0. The lowest BCUT2D eigenvalue weighted by atomic mass is 10.0. The molecule has 0 aliphatic heterocycles. The standard InChI is InChI=1S/C16H25NO3/c1-11(2)10-20-14-7-5-13(6-8-14)16(19)17-15(9-18)12(3)4/h5-8,11-12,15,18H,9-10H2,1-4H3,(H,17,19). The molecule has 0 saturated carbocycles. The minimum Gasteiger partial charge on any atom is -0.493 e. The van der Waals surface area contributed by atoms with E-state index >= 15 is 0 Å². The Morgan fingerprint density at radius 3 is 2.25 bits per heavy atom. The van der Waals surface area contributed by atoms with Gasteiger partial charge in [0.05, 0.1) is 19.3 Å². The Balaban J connectivity index is 2.61. The first-order chi connectivity index (χ1) is 9.43. The molecule has 0 aliphatic carbocycles. The van der Waals surface area contributed by atoms with Gasteiger partial charge in [-0.2, -0.15) is 0 Å². The summed E-state index contributed by atoms with van der Waals surface area (Å²) < 4.78 is 5.57. The predicted molar refractivity (Wildman–Crippen MR) is 80.0 cm³/mol. The zero-order chi connectivity index (χ0) is 15.1.